The summed E-state index contributed by atoms with van der Waals surface area (Å²) in [5.41, 5.74) is -2.31. The molecule has 0 spiro atoms. The first-order valence-electron chi connectivity index (χ1n) is 8.96. The number of aliphatic hydroxyl groups is 1. The number of alkyl halides is 3. The lowest BCUT2D eigenvalue weighted by Crippen LogP contribution is -2.46. The van der Waals surface area contributed by atoms with Gasteiger partial charge in [-0.1, -0.05) is 0 Å². The van der Waals surface area contributed by atoms with Crippen molar-refractivity contribution in [2.75, 3.05) is 13.2 Å². The van der Waals surface area contributed by atoms with Gasteiger partial charge >= 0.3 is 6.18 Å². The zero-order valence-corrected chi connectivity index (χ0v) is 15.9. The number of aromatic nitrogens is 3. The second kappa shape index (κ2) is 7.78. The van der Waals surface area contributed by atoms with Gasteiger partial charge < -0.3 is 24.7 Å². The Morgan fingerprint density at radius 2 is 2.10 bits per heavy atom. The van der Waals surface area contributed by atoms with E-state index in [0.29, 0.717) is 17.9 Å². The van der Waals surface area contributed by atoms with Crippen molar-refractivity contribution in [1.82, 2.24) is 19.9 Å². The number of fused-ring (bicyclic) bond motifs is 1. The first kappa shape index (κ1) is 20.7. The van der Waals surface area contributed by atoms with Gasteiger partial charge in [0.2, 0.25) is 5.60 Å². The summed E-state index contributed by atoms with van der Waals surface area (Å²) in [7, 11) is 1.36. The summed E-state index contributed by atoms with van der Waals surface area (Å²) in [6, 6.07) is 6.86. The van der Waals surface area contributed by atoms with Crippen LogP contribution in [0.3, 0.4) is 0 Å². The Bertz CT molecular complexity index is 1010. The molecule has 1 aromatic carbocycles. The molecule has 156 valence electrons. The molecule has 0 aliphatic rings. The molecule has 0 aliphatic heterocycles. The zero-order valence-electron chi connectivity index (χ0n) is 15.9. The number of nitrogens with zero attached hydrogens (tertiary/aromatic N) is 2. The Balaban J connectivity index is 1.71. The summed E-state index contributed by atoms with van der Waals surface area (Å²) in [5, 5.41) is 13.5. The van der Waals surface area contributed by atoms with Crippen molar-refractivity contribution in [3.8, 4) is 5.75 Å². The average molecular weight is 410 g/mol. The van der Waals surface area contributed by atoms with E-state index in [0.717, 1.165) is 9.95 Å². The van der Waals surface area contributed by atoms with Gasteiger partial charge in [0, 0.05) is 49.4 Å². The maximum atomic E-state index is 13.5. The molecule has 29 heavy (non-hydrogen) atoms. The van der Waals surface area contributed by atoms with Gasteiger partial charge in [-0.05, 0) is 25.1 Å². The number of H-pyrrole nitrogens is 1. The Morgan fingerprint density at radius 3 is 2.72 bits per heavy atom. The fourth-order valence-corrected chi connectivity index (χ4v) is 3.08. The summed E-state index contributed by atoms with van der Waals surface area (Å²) in [5.74, 6) is -0.476. The lowest BCUT2D eigenvalue weighted by molar-refractivity contribution is -0.272. The van der Waals surface area contributed by atoms with Crippen molar-refractivity contribution in [3.63, 3.8) is 0 Å². The third kappa shape index (κ3) is 4.07. The smallest absolute Gasteiger partial charge is 0.424 e. The lowest BCUT2D eigenvalue weighted by atomic mass is 9.97. The Labute approximate surface area is 164 Å². The molecule has 1 unspecified atom stereocenters. The maximum Gasteiger partial charge on any atom is 0.424 e. The molecule has 2 aromatic heterocycles. The fourth-order valence-electron chi connectivity index (χ4n) is 3.08. The molecular formula is C19H21F3N4O3. The van der Waals surface area contributed by atoms with Crippen molar-refractivity contribution in [2.24, 2.45) is 7.05 Å². The van der Waals surface area contributed by atoms with E-state index in [1.54, 1.807) is 24.3 Å². The monoisotopic (exact) mass is 410 g/mol. The molecule has 10 heteroatoms. The van der Waals surface area contributed by atoms with Crippen LogP contribution in [-0.2, 0) is 12.6 Å². The van der Waals surface area contributed by atoms with Crippen LogP contribution in [0.4, 0.5) is 13.2 Å². The highest BCUT2D eigenvalue weighted by atomic mass is 19.4. The van der Waals surface area contributed by atoms with Gasteiger partial charge in [0.05, 0.1) is 6.61 Å². The first-order valence-corrected chi connectivity index (χ1v) is 8.96. The van der Waals surface area contributed by atoms with Crippen LogP contribution >= 0.6 is 0 Å². The van der Waals surface area contributed by atoms with Crippen LogP contribution in [-0.4, -0.2) is 44.9 Å². The number of halogens is 3. The number of amides is 1. The Kier molecular flexibility index (Phi) is 5.56. The third-order valence-electron chi connectivity index (χ3n) is 4.58. The van der Waals surface area contributed by atoms with Gasteiger partial charge in [0.1, 0.15) is 17.3 Å². The summed E-state index contributed by atoms with van der Waals surface area (Å²) >= 11 is 0. The second-order valence-electron chi connectivity index (χ2n) is 6.59. The van der Waals surface area contributed by atoms with Crippen LogP contribution in [0.2, 0.25) is 0 Å². The van der Waals surface area contributed by atoms with E-state index in [2.05, 4.69) is 15.3 Å². The van der Waals surface area contributed by atoms with E-state index in [4.69, 9.17) is 4.74 Å². The molecular weight excluding hydrogens is 389 g/mol. The molecule has 1 amide bonds. The van der Waals surface area contributed by atoms with Gasteiger partial charge in [-0.25, -0.2) is 4.98 Å². The maximum absolute atomic E-state index is 13.5. The molecule has 3 aromatic rings. The first-order chi connectivity index (χ1) is 13.7. The van der Waals surface area contributed by atoms with E-state index in [-0.39, 0.29) is 5.69 Å². The van der Waals surface area contributed by atoms with Gasteiger partial charge in [-0.3, -0.25) is 4.79 Å². The van der Waals surface area contributed by atoms with E-state index in [1.165, 1.54) is 19.4 Å². The molecule has 0 fully saturated rings. The molecule has 0 saturated carbocycles. The van der Waals surface area contributed by atoms with Crippen LogP contribution in [0.25, 0.3) is 10.9 Å². The molecule has 0 saturated heterocycles. The number of nitrogens with one attached hydrogen (secondary N) is 2. The predicted molar refractivity (Wildman–Crippen MR) is 99.6 cm³/mol. The minimum absolute atomic E-state index is 0.196. The largest absolute Gasteiger partial charge is 0.494 e. The minimum atomic E-state index is -4.95. The number of ether oxygens (including phenoxy) is 1. The summed E-state index contributed by atoms with van der Waals surface area (Å²) in [6.45, 7) is 1.95. The highest BCUT2D eigenvalue weighted by molar-refractivity contribution is 5.98. The van der Waals surface area contributed by atoms with Gasteiger partial charge in [0.25, 0.3) is 5.91 Å². The number of hydrogen-bond acceptors (Lipinski definition) is 4. The van der Waals surface area contributed by atoms with Crippen LogP contribution in [0.1, 0.15) is 29.7 Å². The minimum Gasteiger partial charge on any atom is -0.494 e. The van der Waals surface area contributed by atoms with Crippen LogP contribution < -0.4 is 10.1 Å². The van der Waals surface area contributed by atoms with Crippen molar-refractivity contribution in [2.45, 2.75) is 25.1 Å². The highest BCUT2D eigenvalue weighted by Gasteiger charge is 2.57. The molecule has 3 rings (SSSR count). The van der Waals surface area contributed by atoms with Crippen molar-refractivity contribution >= 4 is 16.8 Å². The number of carbonyl (C=O) groups excluding carboxylic acids is 1. The van der Waals surface area contributed by atoms with E-state index < -0.39 is 36.5 Å². The lowest BCUT2D eigenvalue weighted by Gasteiger charge is -2.29. The van der Waals surface area contributed by atoms with E-state index in [1.807, 2.05) is 6.92 Å². The van der Waals surface area contributed by atoms with Gasteiger partial charge in [0.15, 0.2) is 0 Å². The molecule has 1 atom stereocenters. The fraction of sp³-hybridized carbons (Fsp3) is 0.368. The number of hydrogen-bond donors (Lipinski definition) is 3. The van der Waals surface area contributed by atoms with Crippen LogP contribution in [0.15, 0.2) is 36.7 Å². The third-order valence-corrected chi connectivity index (χ3v) is 4.58. The molecule has 7 nitrogen and oxygen atoms in total. The molecule has 2 heterocycles. The second-order valence-corrected chi connectivity index (χ2v) is 6.59. The predicted octanol–water partition coefficient (Wildman–Crippen LogP) is 2.87. The Morgan fingerprint density at radius 1 is 1.34 bits per heavy atom. The molecule has 0 radical (unpaired) electrons. The Hall–Kier alpha value is -3.01. The summed E-state index contributed by atoms with van der Waals surface area (Å²) < 4.78 is 47.0. The normalized spacial score (nSPS) is 14.0. The van der Waals surface area contributed by atoms with Gasteiger partial charge in [-0.2, -0.15) is 13.2 Å². The number of carbonyl (C=O) groups is 1. The average Bonchev–Trinajstić information content (AvgIpc) is 3.26. The summed E-state index contributed by atoms with van der Waals surface area (Å²) in [4.78, 5) is 18.9. The number of aryl methyl sites for hydroxylation is 1. The standard InChI is InChI=1S/C19H21F3N4O3/c1-3-29-13-5-4-12-10-15(25-14(12)11-13)16(27)23-7-6-18(28,19(20,21)22)17-24-8-9-26(17)2/h4-5,8-11,25,28H,3,6-7H2,1-2H3,(H,23,27). The molecule has 3 N–H and O–H groups in total. The van der Waals surface area contributed by atoms with Crippen LogP contribution in [0.5, 0.6) is 5.75 Å². The number of aromatic amines is 1. The number of imidazole rings is 1. The summed E-state index contributed by atoms with van der Waals surface area (Å²) in [6.07, 6.45) is -3.24. The molecule has 0 aliphatic carbocycles. The SMILES string of the molecule is CCOc1ccc2cc(C(=O)NCCC(O)(c3nccn3C)C(F)(F)F)[nH]c2c1. The topological polar surface area (TPSA) is 92.2 Å². The van der Waals surface area contributed by atoms with Crippen molar-refractivity contribution in [1.29, 1.82) is 0 Å². The number of rotatable bonds is 7. The van der Waals surface area contributed by atoms with E-state index in [9.17, 15) is 23.1 Å². The van der Waals surface area contributed by atoms with Crippen LogP contribution in [0, 0.1) is 0 Å². The van der Waals surface area contributed by atoms with Crippen molar-refractivity contribution in [3.05, 3.63) is 48.2 Å². The highest BCUT2D eigenvalue weighted by Crippen LogP contribution is 2.40. The zero-order chi connectivity index (χ0) is 21.2. The van der Waals surface area contributed by atoms with Gasteiger partial charge in [-0.15, -0.1) is 0 Å². The molecule has 0 bridgehead atoms. The van der Waals surface area contributed by atoms with Crippen molar-refractivity contribution < 1.29 is 27.8 Å². The number of benzene rings is 1. The quantitative estimate of drug-likeness (QED) is 0.559. The van der Waals surface area contributed by atoms with E-state index >= 15 is 0 Å².